The zero-order valence-corrected chi connectivity index (χ0v) is 10.7. The van der Waals surface area contributed by atoms with Gasteiger partial charge in [-0.15, -0.1) is 0 Å². The molecule has 1 saturated carbocycles. The molecule has 1 amide bonds. The van der Waals surface area contributed by atoms with E-state index in [0.717, 1.165) is 37.9 Å². The SMILES string of the molecule is CNc1c(F)cc(C(=O)N2CC3CCC2C3)cc1F. The number of halogens is 2. The number of benzene rings is 1. The van der Waals surface area contributed by atoms with E-state index in [1.165, 1.54) is 7.05 Å². The highest BCUT2D eigenvalue weighted by Gasteiger charge is 2.40. The van der Waals surface area contributed by atoms with Crippen molar-refractivity contribution in [1.29, 1.82) is 0 Å². The Kier molecular flexibility index (Phi) is 2.92. The molecule has 3 rings (SSSR count). The molecule has 1 aromatic carbocycles. The quantitative estimate of drug-likeness (QED) is 0.892. The van der Waals surface area contributed by atoms with Crippen molar-refractivity contribution in [2.75, 3.05) is 18.9 Å². The van der Waals surface area contributed by atoms with Crippen LogP contribution in [0.2, 0.25) is 0 Å². The maximum absolute atomic E-state index is 13.7. The molecule has 1 N–H and O–H groups in total. The zero-order chi connectivity index (χ0) is 13.6. The second-order valence-corrected chi connectivity index (χ2v) is 5.36. The number of carbonyl (C=O) groups is 1. The van der Waals surface area contributed by atoms with Gasteiger partial charge in [0.05, 0.1) is 0 Å². The average Bonchev–Trinajstić information content (AvgIpc) is 2.99. The number of nitrogens with one attached hydrogen (secondary N) is 1. The number of hydrogen-bond acceptors (Lipinski definition) is 2. The maximum atomic E-state index is 13.7. The van der Waals surface area contributed by atoms with E-state index < -0.39 is 11.6 Å². The number of piperidine rings is 1. The first-order valence-corrected chi connectivity index (χ1v) is 6.58. The van der Waals surface area contributed by atoms with Crippen LogP contribution in [0.3, 0.4) is 0 Å². The van der Waals surface area contributed by atoms with Crippen molar-refractivity contribution in [3.05, 3.63) is 29.3 Å². The number of fused-ring (bicyclic) bond motifs is 2. The van der Waals surface area contributed by atoms with Crippen molar-refractivity contribution >= 4 is 11.6 Å². The van der Waals surface area contributed by atoms with Crippen molar-refractivity contribution in [3.63, 3.8) is 0 Å². The van der Waals surface area contributed by atoms with E-state index >= 15 is 0 Å². The van der Waals surface area contributed by atoms with E-state index in [4.69, 9.17) is 0 Å². The molecular weight excluding hydrogens is 250 g/mol. The van der Waals surface area contributed by atoms with E-state index in [2.05, 4.69) is 5.32 Å². The van der Waals surface area contributed by atoms with Crippen LogP contribution in [-0.2, 0) is 0 Å². The van der Waals surface area contributed by atoms with E-state index in [-0.39, 0.29) is 23.2 Å². The van der Waals surface area contributed by atoms with Gasteiger partial charge in [-0.1, -0.05) is 0 Å². The molecule has 1 aliphatic heterocycles. The molecule has 2 bridgehead atoms. The number of nitrogens with zero attached hydrogens (tertiary/aromatic N) is 1. The highest BCUT2D eigenvalue weighted by molar-refractivity contribution is 5.95. The summed E-state index contributed by atoms with van der Waals surface area (Å²) in [6.07, 6.45) is 3.21. The molecule has 1 aliphatic carbocycles. The summed E-state index contributed by atoms with van der Waals surface area (Å²) in [4.78, 5) is 14.1. The normalized spacial score (nSPS) is 24.9. The Morgan fingerprint density at radius 3 is 2.47 bits per heavy atom. The highest BCUT2D eigenvalue weighted by Crippen LogP contribution is 2.38. The van der Waals surface area contributed by atoms with Gasteiger partial charge in [0, 0.05) is 25.2 Å². The van der Waals surface area contributed by atoms with Gasteiger partial charge in [-0.3, -0.25) is 4.79 Å². The molecule has 102 valence electrons. The van der Waals surface area contributed by atoms with Crippen LogP contribution >= 0.6 is 0 Å². The molecule has 1 aromatic rings. The molecule has 0 radical (unpaired) electrons. The number of rotatable bonds is 2. The summed E-state index contributed by atoms with van der Waals surface area (Å²) in [7, 11) is 1.45. The van der Waals surface area contributed by atoms with E-state index in [1.54, 1.807) is 4.90 Å². The van der Waals surface area contributed by atoms with Crippen molar-refractivity contribution in [2.45, 2.75) is 25.3 Å². The molecule has 2 atom stereocenters. The standard InChI is InChI=1S/C14H16F2N2O/c1-17-13-11(15)5-9(6-12(13)16)14(19)18-7-8-2-3-10(18)4-8/h5-6,8,10,17H,2-4,7H2,1H3. The smallest absolute Gasteiger partial charge is 0.254 e. The van der Waals surface area contributed by atoms with Crippen LogP contribution in [0, 0.1) is 17.6 Å². The van der Waals surface area contributed by atoms with E-state index in [0.29, 0.717) is 5.92 Å². The molecule has 2 unspecified atom stereocenters. The van der Waals surface area contributed by atoms with Gasteiger partial charge < -0.3 is 10.2 Å². The average molecular weight is 266 g/mol. The number of likely N-dealkylation sites (tertiary alicyclic amines) is 1. The fourth-order valence-electron chi connectivity index (χ4n) is 3.27. The Balaban J connectivity index is 1.88. The summed E-state index contributed by atoms with van der Waals surface area (Å²) in [6, 6.07) is 2.49. The summed E-state index contributed by atoms with van der Waals surface area (Å²) in [6.45, 7) is 0.723. The van der Waals surface area contributed by atoms with Gasteiger partial charge in [-0.25, -0.2) is 8.78 Å². The lowest BCUT2D eigenvalue weighted by atomic mass is 10.1. The molecule has 19 heavy (non-hydrogen) atoms. The van der Waals surface area contributed by atoms with Gasteiger partial charge in [0.15, 0.2) is 0 Å². The lowest BCUT2D eigenvalue weighted by Crippen LogP contribution is -2.37. The van der Waals surface area contributed by atoms with Crippen LogP contribution < -0.4 is 5.32 Å². The van der Waals surface area contributed by atoms with Crippen LogP contribution in [-0.4, -0.2) is 30.4 Å². The minimum Gasteiger partial charge on any atom is -0.383 e. The highest BCUT2D eigenvalue weighted by atomic mass is 19.1. The molecule has 0 spiro atoms. The van der Waals surface area contributed by atoms with Crippen molar-refractivity contribution in [2.24, 2.45) is 5.92 Å². The minimum atomic E-state index is -0.727. The third-order valence-corrected chi connectivity index (χ3v) is 4.21. The molecule has 0 aromatic heterocycles. The zero-order valence-electron chi connectivity index (χ0n) is 10.7. The number of carbonyl (C=O) groups excluding carboxylic acids is 1. The predicted octanol–water partition coefficient (Wildman–Crippen LogP) is 2.63. The van der Waals surface area contributed by atoms with Gasteiger partial charge in [0.2, 0.25) is 0 Å². The molecule has 3 nitrogen and oxygen atoms in total. The van der Waals surface area contributed by atoms with Crippen molar-refractivity contribution < 1.29 is 13.6 Å². The van der Waals surface area contributed by atoms with Gasteiger partial charge >= 0.3 is 0 Å². The summed E-state index contributed by atoms with van der Waals surface area (Å²) in [5.74, 6) is -1.14. The van der Waals surface area contributed by atoms with Gasteiger partial charge in [0.25, 0.3) is 5.91 Å². The Morgan fingerprint density at radius 1 is 1.32 bits per heavy atom. The second-order valence-electron chi connectivity index (χ2n) is 5.36. The van der Waals surface area contributed by atoms with Crippen LogP contribution in [0.25, 0.3) is 0 Å². The van der Waals surface area contributed by atoms with Crippen LogP contribution in [0.4, 0.5) is 14.5 Å². The number of amides is 1. The molecular formula is C14H16F2N2O. The molecule has 2 fully saturated rings. The lowest BCUT2D eigenvalue weighted by molar-refractivity contribution is 0.0702. The number of hydrogen-bond donors (Lipinski definition) is 1. The summed E-state index contributed by atoms with van der Waals surface area (Å²) < 4.78 is 27.3. The van der Waals surface area contributed by atoms with Crippen molar-refractivity contribution in [1.82, 2.24) is 4.90 Å². The Bertz CT molecular complexity index is 509. The van der Waals surface area contributed by atoms with E-state index in [9.17, 15) is 13.6 Å². The summed E-state index contributed by atoms with van der Waals surface area (Å²) >= 11 is 0. The molecule has 5 heteroatoms. The first-order valence-electron chi connectivity index (χ1n) is 6.58. The number of anilines is 1. The Morgan fingerprint density at radius 2 is 2.00 bits per heavy atom. The topological polar surface area (TPSA) is 32.3 Å². The van der Waals surface area contributed by atoms with Crippen LogP contribution in [0.1, 0.15) is 29.6 Å². The van der Waals surface area contributed by atoms with E-state index in [1.807, 2.05) is 0 Å². The lowest BCUT2D eigenvalue weighted by Gasteiger charge is -2.27. The second kappa shape index (κ2) is 4.47. The molecule has 2 aliphatic rings. The Labute approximate surface area is 110 Å². The van der Waals surface area contributed by atoms with Crippen LogP contribution in [0.5, 0.6) is 0 Å². The van der Waals surface area contributed by atoms with Gasteiger partial charge in [-0.05, 0) is 37.3 Å². The first kappa shape index (κ1) is 12.4. The third kappa shape index (κ3) is 1.97. The summed E-state index contributed by atoms with van der Waals surface area (Å²) in [5.41, 5.74) is -0.0963. The molecule has 1 heterocycles. The monoisotopic (exact) mass is 266 g/mol. The fourth-order valence-corrected chi connectivity index (χ4v) is 3.27. The van der Waals surface area contributed by atoms with Crippen LogP contribution in [0.15, 0.2) is 12.1 Å². The van der Waals surface area contributed by atoms with Gasteiger partial charge in [0.1, 0.15) is 17.3 Å². The largest absolute Gasteiger partial charge is 0.383 e. The van der Waals surface area contributed by atoms with Gasteiger partial charge in [-0.2, -0.15) is 0 Å². The fraction of sp³-hybridized carbons (Fsp3) is 0.500. The Hall–Kier alpha value is -1.65. The third-order valence-electron chi connectivity index (χ3n) is 4.21. The summed E-state index contributed by atoms with van der Waals surface area (Å²) in [5, 5.41) is 2.45. The molecule has 1 saturated heterocycles. The maximum Gasteiger partial charge on any atom is 0.254 e. The first-order chi connectivity index (χ1) is 9.10. The minimum absolute atomic E-state index is 0.0987. The van der Waals surface area contributed by atoms with Crippen molar-refractivity contribution in [3.8, 4) is 0 Å². The predicted molar refractivity (Wildman–Crippen MR) is 68.1 cm³/mol.